The van der Waals surface area contributed by atoms with E-state index in [1.165, 1.54) is 31.3 Å². The van der Waals surface area contributed by atoms with Gasteiger partial charge in [-0.05, 0) is 70.5 Å². The number of hydrogen-bond acceptors (Lipinski definition) is 1. The summed E-state index contributed by atoms with van der Waals surface area (Å²) in [6, 6.07) is 15.5. The fraction of sp³-hybridized carbons (Fsp3) is 0.176. The van der Waals surface area contributed by atoms with Crippen LogP contribution in [0.25, 0.3) is 10.9 Å². The molecule has 1 unspecified atom stereocenters. The SMILES string of the molecule is Brc1ccc2[nH]c3c(c2c1)CCNC3c1ccc(I)cc1. The molecule has 0 radical (unpaired) electrons. The topological polar surface area (TPSA) is 27.8 Å². The average Bonchev–Trinajstić information content (AvgIpc) is 2.86. The second-order valence-electron chi connectivity index (χ2n) is 5.40. The maximum Gasteiger partial charge on any atom is 0.0732 e. The highest BCUT2D eigenvalue weighted by atomic mass is 127. The van der Waals surface area contributed by atoms with Crippen molar-refractivity contribution in [2.24, 2.45) is 0 Å². The summed E-state index contributed by atoms with van der Waals surface area (Å²) in [4.78, 5) is 3.62. The lowest BCUT2D eigenvalue weighted by Gasteiger charge is -2.25. The lowest BCUT2D eigenvalue weighted by Crippen LogP contribution is -2.30. The van der Waals surface area contributed by atoms with Gasteiger partial charge in [0.25, 0.3) is 0 Å². The molecule has 0 spiro atoms. The van der Waals surface area contributed by atoms with Gasteiger partial charge in [-0.15, -0.1) is 0 Å². The molecule has 0 bridgehead atoms. The smallest absolute Gasteiger partial charge is 0.0732 e. The zero-order valence-electron chi connectivity index (χ0n) is 11.3. The van der Waals surface area contributed by atoms with Crippen LogP contribution in [0.3, 0.4) is 0 Å². The van der Waals surface area contributed by atoms with Gasteiger partial charge in [0, 0.05) is 31.2 Å². The first-order chi connectivity index (χ1) is 10.2. The lowest BCUT2D eigenvalue weighted by atomic mass is 9.94. The summed E-state index contributed by atoms with van der Waals surface area (Å²) in [5.74, 6) is 0. The highest BCUT2D eigenvalue weighted by molar-refractivity contribution is 14.1. The van der Waals surface area contributed by atoms with Gasteiger partial charge in [0.05, 0.1) is 6.04 Å². The summed E-state index contributed by atoms with van der Waals surface area (Å²) in [5.41, 5.74) is 5.31. The van der Waals surface area contributed by atoms with E-state index in [0.29, 0.717) is 0 Å². The molecule has 106 valence electrons. The number of hydrogen-bond donors (Lipinski definition) is 2. The third-order valence-electron chi connectivity index (χ3n) is 4.12. The maximum atomic E-state index is 3.64. The molecule has 21 heavy (non-hydrogen) atoms. The minimum absolute atomic E-state index is 0.261. The van der Waals surface area contributed by atoms with Crippen molar-refractivity contribution in [1.82, 2.24) is 10.3 Å². The normalized spacial score (nSPS) is 17.9. The number of H-pyrrole nitrogens is 1. The first-order valence-corrected chi connectivity index (χ1v) is 8.88. The molecule has 2 nitrogen and oxygen atoms in total. The maximum absolute atomic E-state index is 3.64. The third-order valence-corrected chi connectivity index (χ3v) is 5.33. The van der Waals surface area contributed by atoms with Gasteiger partial charge in [-0.25, -0.2) is 0 Å². The Morgan fingerprint density at radius 2 is 1.90 bits per heavy atom. The second-order valence-corrected chi connectivity index (χ2v) is 7.56. The van der Waals surface area contributed by atoms with Gasteiger partial charge < -0.3 is 10.3 Å². The van der Waals surface area contributed by atoms with Crippen LogP contribution in [0.15, 0.2) is 46.9 Å². The standard InChI is InChI=1S/C17H14BrIN2/c18-11-3-6-15-14(9-11)13-7-8-20-16(17(13)21-15)10-1-4-12(19)5-2-10/h1-6,9,16,20-21H,7-8H2. The number of nitrogens with one attached hydrogen (secondary N) is 2. The first kappa shape index (κ1) is 13.8. The fourth-order valence-electron chi connectivity index (χ4n) is 3.14. The van der Waals surface area contributed by atoms with Crippen molar-refractivity contribution in [2.75, 3.05) is 6.54 Å². The number of rotatable bonds is 1. The molecule has 0 saturated carbocycles. The predicted octanol–water partition coefficient (Wildman–Crippen LogP) is 4.77. The second kappa shape index (κ2) is 5.41. The molecule has 1 atom stereocenters. The van der Waals surface area contributed by atoms with E-state index < -0.39 is 0 Å². The van der Waals surface area contributed by atoms with Gasteiger partial charge in [-0.3, -0.25) is 0 Å². The molecule has 4 rings (SSSR count). The van der Waals surface area contributed by atoms with E-state index >= 15 is 0 Å². The Labute approximate surface area is 145 Å². The molecule has 2 heterocycles. The number of aromatic amines is 1. The minimum atomic E-state index is 0.261. The summed E-state index contributed by atoms with van der Waals surface area (Å²) < 4.78 is 2.41. The van der Waals surface area contributed by atoms with Gasteiger partial charge >= 0.3 is 0 Å². The van der Waals surface area contributed by atoms with E-state index in [1.54, 1.807) is 0 Å². The number of aromatic nitrogens is 1. The summed E-state index contributed by atoms with van der Waals surface area (Å²) in [5, 5.41) is 4.99. The van der Waals surface area contributed by atoms with Crippen LogP contribution in [0.1, 0.15) is 22.9 Å². The van der Waals surface area contributed by atoms with E-state index in [2.05, 4.69) is 91.3 Å². The summed E-state index contributed by atoms with van der Waals surface area (Å²) >= 11 is 5.93. The van der Waals surface area contributed by atoms with Crippen LogP contribution in [0, 0.1) is 3.57 Å². The molecule has 0 amide bonds. The largest absolute Gasteiger partial charge is 0.357 e. The Balaban J connectivity index is 1.88. The molecule has 2 aromatic carbocycles. The number of benzene rings is 2. The third kappa shape index (κ3) is 2.43. The fourth-order valence-corrected chi connectivity index (χ4v) is 3.86. The monoisotopic (exact) mass is 452 g/mol. The van der Waals surface area contributed by atoms with Crippen molar-refractivity contribution in [2.45, 2.75) is 12.5 Å². The van der Waals surface area contributed by atoms with Crippen molar-refractivity contribution < 1.29 is 0 Å². The molecule has 3 aromatic rings. The van der Waals surface area contributed by atoms with Crippen molar-refractivity contribution in [3.05, 3.63) is 67.3 Å². The number of fused-ring (bicyclic) bond motifs is 3. The van der Waals surface area contributed by atoms with Crippen LogP contribution in [0.2, 0.25) is 0 Å². The average molecular weight is 453 g/mol. The quantitative estimate of drug-likeness (QED) is 0.511. The van der Waals surface area contributed by atoms with Gasteiger partial charge in [-0.2, -0.15) is 0 Å². The first-order valence-electron chi connectivity index (χ1n) is 7.01. The Kier molecular flexibility index (Phi) is 3.55. The van der Waals surface area contributed by atoms with Crippen LogP contribution in [-0.4, -0.2) is 11.5 Å². The van der Waals surface area contributed by atoms with E-state index in [-0.39, 0.29) is 6.04 Å². The van der Waals surface area contributed by atoms with Crippen LogP contribution in [-0.2, 0) is 6.42 Å². The van der Waals surface area contributed by atoms with Crippen LogP contribution in [0.4, 0.5) is 0 Å². The lowest BCUT2D eigenvalue weighted by molar-refractivity contribution is 0.560. The molecule has 0 aliphatic carbocycles. The van der Waals surface area contributed by atoms with Crippen molar-refractivity contribution in [1.29, 1.82) is 0 Å². The predicted molar refractivity (Wildman–Crippen MR) is 98.7 cm³/mol. The van der Waals surface area contributed by atoms with Crippen molar-refractivity contribution in [3.8, 4) is 0 Å². The van der Waals surface area contributed by atoms with Gasteiger partial charge in [0.2, 0.25) is 0 Å². The van der Waals surface area contributed by atoms with Crippen LogP contribution < -0.4 is 5.32 Å². The summed E-state index contributed by atoms with van der Waals surface area (Å²) in [6.07, 6.45) is 1.08. The minimum Gasteiger partial charge on any atom is -0.357 e. The van der Waals surface area contributed by atoms with Gasteiger partial charge in [0.1, 0.15) is 0 Å². The van der Waals surface area contributed by atoms with E-state index in [4.69, 9.17) is 0 Å². The Bertz CT molecular complexity index is 808. The van der Waals surface area contributed by atoms with Crippen molar-refractivity contribution in [3.63, 3.8) is 0 Å². The Morgan fingerprint density at radius 3 is 2.71 bits per heavy atom. The zero-order chi connectivity index (χ0) is 14.4. The summed E-state index contributed by atoms with van der Waals surface area (Å²) in [7, 11) is 0. The van der Waals surface area contributed by atoms with Crippen LogP contribution >= 0.6 is 38.5 Å². The molecule has 1 aliphatic heterocycles. The molecule has 0 fully saturated rings. The molecule has 0 saturated heterocycles. The van der Waals surface area contributed by atoms with Crippen LogP contribution in [0.5, 0.6) is 0 Å². The van der Waals surface area contributed by atoms with E-state index in [9.17, 15) is 0 Å². The zero-order valence-corrected chi connectivity index (χ0v) is 15.0. The van der Waals surface area contributed by atoms with E-state index in [1.807, 2.05) is 0 Å². The highest BCUT2D eigenvalue weighted by Crippen LogP contribution is 2.34. The van der Waals surface area contributed by atoms with E-state index in [0.717, 1.165) is 17.4 Å². The molecule has 1 aliphatic rings. The molecule has 4 heteroatoms. The van der Waals surface area contributed by atoms with Gasteiger partial charge in [0.15, 0.2) is 0 Å². The molecule has 2 N–H and O–H groups in total. The summed E-state index contributed by atoms with van der Waals surface area (Å²) in [6.45, 7) is 1.02. The van der Waals surface area contributed by atoms with Gasteiger partial charge in [-0.1, -0.05) is 28.1 Å². The van der Waals surface area contributed by atoms with Crippen molar-refractivity contribution >= 4 is 49.4 Å². The Hall–Kier alpha value is -0.850. The molecular weight excluding hydrogens is 439 g/mol. The molecule has 1 aromatic heterocycles. The number of halogens is 2. The highest BCUT2D eigenvalue weighted by Gasteiger charge is 2.25. The Morgan fingerprint density at radius 1 is 1.10 bits per heavy atom. The molecular formula is C17H14BrIN2.